The third-order valence-electron chi connectivity index (χ3n) is 0. The van der Waals surface area contributed by atoms with E-state index in [2.05, 4.69) is 0 Å². The predicted octanol–water partition coefficient (Wildman–Crippen LogP) is -12.7. The quantitative estimate of drug-likeness (QED) is 0.362. The Morgan fingerprint density at radius 3 is 0.500 bits per heavy atom. The second-order valence-electron chi connectivity index (χ2n) is 0. The Morgan fingerprint density at radius 2 is 0.500 bits per heavy atom. The number of hydrogen-bond acceptors (Lipinski definition) is 0. The Kier molecular flexibility index (Phi) is 391. The van der Waals surface area contributed by atoms with Crippen LogP contribution in [0.3, 0.4) is 0 Å². The summed E-state index contributed by atoms with van der Waals surface area (Å²) in [6, 6.07) is 0. The van der Waals surface area contributed by atoms with E-state index in [1.54, 1.807) is 0 Å². The molecule has 0 rings (SSSR count). The van der Waals surface area contributed by atoms with E-state index < -0.39 is 0 Å². The van der Waals surface area contributed by atoms with Gasteiger partial charge in [-0.1, -0.05) is 0 Å². The Labute approximate surface area is 112 Å². The molecule has 0 aliphatic rings. The second kappa shape index (κ2) is 40.3. The summed E-state index contributed by atoms with van der Waals surface area (Å²) in [7, 11) is 0. The third-order valence-corrected chi connectivity index (χ3v) is 0. The molecule has 0 aliphatic heterocycles. The Hall–Kier alpha value is 3.34. The number of rotatable bonds is 0. The molecule has 6 heteroatoms. The molecular formula is CaCl4Pb. The van der Waals surface area contributed by atoms with Gasteiger partial charge in [0.25, 0.3) is 0 Å². The average molecular weight is 389 g/mol. The van der Waals surface area contributed by atoms with E-state index in [0.717, 1.165) is 0 Å². The van der Waals surface area contributed by atoms with Gasteiger partial charge in [0.2, 0.25) is 0 Å². The fourth-order valence-electron chi connectivity index (χ4n) is 0. The second-order valence-corrected chi connectivity index (χ2v) is 0. The molecule has 0 amide bonds. The largest absolute Gasteiger partial charge is 2.00 e. The molecule has 0 saturated heterocycles. The number of halogens is 4. The van der Waals surface area contributed by atoms with Gasteiger partial charge in [-0.25, -0.2) is 0 Å². The Bertz CT molecular complexity index is 7.51. The molecule has 0 unspecified atom stereocenters. The van der Waals surface area contributed by atoms with Crippen molar-refractivity contribution in [3.8, 4) is 0 Å². The van der Waals surface area contributed by atoms with Gasteiger partial charge >= 0.3 is 65.0 Å². The van der Waals surface area contributed by atoms with Crippen molar-refractivity contribution >= 4 is 65.0 Å². The summed E-state index contributed by atoms with van der Waals surface area (Å²) in [5.74, 6) is 0. The molecule has 0 aromatic rings. The molecule has 0 aliphatic carbocycles. The molecule has 0 aromatic heterocycles. The zero-order chi connectivity index (χ0) is 0. The van der Waals surface area contributed by atoms with Gasteiger partial charge in [-0.15, -0.1) is 0 Å². The van der Waals surface area contributed by atoms with Crippen LogP contribution in [0, 0.1) is 0 Å². The predicted molar refractivity (Wildman–Crippen MR) is 11.5 cm³/mol. The van der Waals surface area contributed by atoms with E-state index in [9.17, 15) is 0 Å². The molecule has 0 aromatic carbocycles. The van der Waals surface area contributed by atoms with Gasteiger partial charge in [-0.05, 0) is 0 Å². The third kappa shape index (κ3) is 26.4. The molecule has 0 atom stereocenters. The molecule has 2 radical (unpaired) electrons. The zero-order valence-corrected chi connectivity index (χ0v) is 11.8. The Morgan fingerprint density at radius 1 is 0.500 bits per heavy atom. The molecule has 0 nitrogen and oxygen atoms in total. The van der Waals surface area contributed by atoms with Crippen LogP contribution in [0.4, 0.5) is 0 Å². The summed E-state index contributed by atoms with van der Waals surface area (Å²) in [6.07, 6.45) is 0. The zero-order valence-electron chi connectivity index (χ0n) is 2.72. The first kappa shape index (κ1) is 58.2. The van der Waals surface area contributed by atoms with Crippen LogP contribution in [0.5, 0.6) is 0 Å². The first-order valence-corrected chi connectivity index (χ1v) is 0. The smallest absolute Gasteiger partial charge is 1.00 e. The summed E-state index contributed by atoms with van der Waals surface area (Å²) < 4.78 is 0. The maximum absolute atomic E-state index is 0. The van der Waals surface area contributed by atoms with Gasteiger partial charge in [0.15, 0.2) is 0 Å². The molecule has 34 valence electrons. The van der Waals surface area contributed by atoms with Gasteiger partial charge in [-0.2, -0.15) is 0 Å². The van der Waals surface area contributed by atoms with Crippen LogP contribution in [0.2, 0.25) is 0 Å². The van der Waals surface area contributed by atoms with Crippen molar-refractivity contribution in [2.75, 3.05) is 0 Å². The van der Waals surface area contributed by atoms with Crippen LogP contribution in [0.15, 0.2) is 0 Å². The van der Waals surface area contributed by atoms with E-state index in [1.807, 2.05) is 0 Å². The van der Waals surface area contributed by atoms with Crippen molar-refractivity contribution in [2.45, 2.75) is 0 Å². The summed E-state index contributed by atoms with van der Waals surface area (Å²) in [5.41, 5.74) is 0. The first-order chi connectivity index (χ1) is 0. The van der Waals surface area contributed by atoms with Gasteiger partial charge in [-0.3, -0.25) is 0 Å². The average Bonchev–Trinajstić information content (AvgIpc) is 0. The SMILES string of the molecule is [Ca+2].[Cl-].[Cl-].[Cl-].[Cl-].[Pb+2]. The van der Waals surface area contributed by atoms with Crippen molar-refractivity contribution < 1.29 is 49.6 Å². The van der Waals surface area contributed by atoms with Crippen molar-refractivity contribution in [1.82, 2.24) is 0 Å². The van der Waals surface area contributed by atoms with E-state index in [-0.39, 0.29) is 115 Å². The van der Waals surface area contributed by atoms with Gasteiger partial charge in [0, 0.05) is 0 Å². The standard InChI is InChI=1S/Ca.4ClH.Pb/h;4*1H;/q+2;;;;;+2/p-4. The summed E-state index contributed by atoms with van der Waals surface area (Å²) in [4.78, 5) is 0. The van der Waals surface area contributed by atoms with Crippen molar-refractivity contribution in [1.29, 1.82) is 0 Å². The van der Waals surface area contributed by atoms with Crippen LogP contribution in [0.25, 0.3) is 0 Å². The normalized spacial score (nSPS) is 0. The molecule has 6 heavy (non-hydrogen) atoms. The molecule has 0 N–H and O–H groups in total. The van der Waals surface area contributed by atoms with Crippen LogP contribution < -0.4 is 49.6 Å². The number of hydrogen-bond donors (Lipinski definition) is 0. The minimum atomic E-state index is 0. The minimum absolute atomic E-state index is 0. The van der Waals surface area contributed by atoms with E-state index in [0.29, 0.717) is 0 Å². The molecule has 0 fully saturated rings. The monoisotopic (exact) mass is 388 g/mol. The molecule has 0 spiro atoms. The van der Waals surface area contributed by atoms with Gasteiger partial charge < -0.3 is 49.6 Å². The van der Waals surface area contributed by atoms with E-state index >= 15 is 0 Å². The topological polar surface area (TPSA) is 0 Å². The van der Waals surface area contributed by atoms with Crippen LogP contribution in [-0.4, -0.2) is 65.0 Å². The molecule has 0 bridgehead atoms. The summed E-state index contributed by atoms with van der Waals surface area (Å²) >= 11 is 0. The van der Waals surface area contributed by atoms with Crippen molar-refractivity contribution in [3.63, 3.8) is 0 Å². The van der Waals surface area contributed by atoms with E-state index in [1.165, 1.54) is 0 Å². The van der Waals surface area contributed by atoms with Crippen LogP contribution in [-0.2, 0) is 0 Å². The summed E-state index contributed by atoms with van der Waals surface area (Å²) in [6.45, 7) is 0. The molecule has 0 saturated carbocycles. The van der Waals surface area contributed by atoms with Crippen molar-refractivity contribution in [2.24, 2.45) is 0 Å². The fraction of sp³-hybridized carbons (Fsp3) is 0. The van der Waals surface area contributed by atoms with Gasteiger partial charge in [0.1, 0.15) is 0 Å². The van der Waals surface area contributed by atoms with Crippen molar-refractivity contribution in [3.05, 3.63) is 0 Å². The van der Waals surface area contributed by atoms with Gasteiger partial charge in [0.05, 0.1) is 0 Å². The minimum Gasteiger partial charge on any atom is -1.00 e. The summed E-state index contributed by atoms with van der Waals surface area (Å²) in [5, 5.41) is 0. The molecule has 0 heterocycles. The maximum Gasteiger partial charge on any atom is 2.00 e. The molecular weight excluding hydrogens is 389 g/mol. The van der Waals surface area contributed by atoms with Crippen LogP contribution >= 0.6 is 0 Å². The Balaban J connectivity index is 0. The fourth-order valence-corrected chi connectivity index (χ4v) is 0. The maximum atomic E-state index is 0. The first-order valence-electron chi connectivity index (χ1n) is 0. The van der Waals surface area contributed by atoms with E-state index in [4.69, 9.17) is 0 Å². The van der Waals surface area contributed by atoms with Crippen LogP contribution in [0.1, 0.15) is 0 Å².